The third-order valence-electron chi connectivity index (χ3n) is 4.12. The number of ether oxygens (including phenoxy) is 3. The van der Waals surface area contributed by atoms with Gasteiger partial charge in [0.1, 0.15) is 17.6 Å². The van der Waals surface area contributed by atoms with Crippen molar-refractivity contribution in [1.29, 1.82) is 0 Å². The van der Waals surface area contributed by atoms with Crippen molar-refractivity contribution in [1.82, 2.24) is 5.32 Å². The van der Waals surface area contributed by atoms with Crippen LogP contribution in [0.1, 0.15) is 37.8 Å². The monoisotopic (exact) mass is 291 g/mol. The largest absolute Gasteiger partial charge is 0.494 e. The molecule has 0 amide bonds. The second kappa shape index (κ2) is 6.67. The summed E-state index contributed by atoms with van der Waals surface area (Å²) in [6.07, 6.45) is 3.56. The van der Waals surface area contributed by atoms with Gasteiger partial charge in [0.2, 0.25) is 0 Å². The summed E-state index contributed by atoms with van der Waals surface area (Å²) in [5.74, 6) is 2.00. The zero-order valence-electron chi connectivity index (χ0n) is 13.0. The van der Waals surface area contributed by atoms with E-state index in [-0.39, 0.29) is 6.10 Å². The van der Waals surface area contributed by atoms with Crippen molar-refractivity contribution in [2.24, 2.45) is 0 Å². The normalized spacial score (nSPS) is 24.5. The molecule has 3 rings (SSSR count). The maximum absolute atomic E-state index is 5.86. The fourth-order valence-electron chi connectivity index (χ4n) is 3.07. The lowest BCUT2D eigenvalue weighted by Gasteiger charge is -2.24. The Kier molecular flexibility index (Phi) is 4.66. The van der Waals surface area contributed by atoms with Gasteiger partial charge in [0.25, 0.3) is 0 Å². The molecule has 0 radical (unpaired) electrons. The predicted octanol–water partition coefficient (Wildman–Crippen LogP) is 2.68. The van der Waals surface area contributed by atoms with Crippen molar-refractivity contribution in [2.45, 2.75) is 51.8 Å². The van der Waals surface area contributed by atoms with Crippen molar-refractivity contribution in [3.8, 4) is 11.5 Å². The topological polar surface area (TPSA) is 39.7 Å². The van der Waals surface area contributed by atoms with Gasteiger partial charge in [0.05, 0.1) is 13.2 Å². The number of hydrogen-bond acceptors (Lipinski definition) is 4. The van der Waals surface area contributed by atoms with Crippen LogP contribution in [0.4, 0.5) is 0 Å². The van der Waals surface area contributed by atoms with E-state index in [1.54, 1.807) is 0 Å². The summed E-state index contributed by atoms with van der Waals surface area (Å²) in [5, 5.41) is 3.58. The zero-order chi connectivity index (χ0) is 14.7. The van der Waals surface area contributed by atoms with Crippen molar-refractivity contribution in [3.63, 3.8) is 0 Å². The highest BCUT2D eigenvalue weighted by Crippen LogP contribution is 2.35. The molecule has 0 aromatic heterocycles. The van der Waals surface area contributed by atoms with E-state index < -0.39 is 0 Å². The molecule has 2 heterocycles. The van der Waals surface area contributed by atoms with E-state index in [0.29, 0.717) is 12.6 Å². The molecule has 0 bridgehead atoms. The fourth-order valence-corrected chi connectivity index (χ4v) is 3.07. The second-order valence-corrected chi connectivity index (χ2v) is 5.93. The van der Waals surface area contributed by atoms with Crippen molar-refractivity contribution in [3.05, 3.63) is 23.3 Å². The van der Waals surface area contributed by atoms with Gasteiger partial charge in [0.15, 0.2) is 0 Å². The maximum atomic E-state index is 5.86. The standard InChI is InChI=1S/C17H25NO3/c1-3-20-16-8-13-7-12(2)21-17(13)9-14(16)10-18-15-5-4-6-19-11-15/h8-9,12,15,18H,3-7,10-11H2,1-2H3. The van der Waals surface area contributed by atoms with Gasteiger partial charge in [0, 0.05) is 36.7 Å². The van der Waals surface area contributed by atoms with Gasteiger partial charge in [-0.3, -0.25) is 0 Å². The molecule has 2 atom stereocenters. The lowest BCUT2D eigenvalue weighted by atomic mass is 10.1. The van der Waals surface area contributed by atoms with Crippen LogP contribution >= 0.6 is 0 Å². The minimum atomic E-state index is 0.268. The van der Waals surface area contributed by atoms with Crippen molar-refractivity contribution < 1.29 is 14.2 Å². The summed E-state index contributed by atoms with van der Waals surface area (Å²) in [6, 6.07) is 4.73. The Morgan fingerprint density at radius 2 is 2.29 bits per heavy atom. The Balaban J connectivity index is 1.71. The average molecular weight is 291 g/mol. The van der Waals surface area contributed by atoms with Gasteiger partial charge in [-0.15, -0.1) is 0 Å². The molecule has 1 fully saturated rings. The molecule has 2 unspecified atom stereocenters. The summed E-state index contributed by atoms with van der Waals surface area (Å²) in [7, 11) is 0. The molecule has 116 valence electrons. The molecule has 4 nitrogen and oxygen atoms in total. The molecular formula is C17H25NO3. The molecule has 0 saturated carbocycles. The first-order valence-electron chi connectivity index (χ1n) is 8.02. The van der Waals surface area contributed by atoms with Gasteiger partial charge in [-0.1, -0.05) is 0 Å². The molecule has 21 heavy (non-hydrogen) atoms. The van der Waals surface area contributed by atoms with E-state index >= 15 is 0 Å². The number of hydrogen-bond donors (Lipinski definition) is 1. The van der Waals surface area contributed by atoms with Gasteiger partial charge in [-0.2, -0.15) is 0 Å². The van der Waals surface area contributed by atoms with E-state index in [0.717, 1.165) is 44.1 Å². The first-order chi connectivity index (χ1) is 10.3. The van der Waals surface area contributed by atoms with Crippen LogP contribution in [-0.4, -0.2) is 32.0 Å². The van der Waals surface area contributed by atoms with Crippen LogP contribution in [0.15, 0.2) is 12.1 Å². The second-order valence-electron chi connectivity index (χ2n) is 5.93. The van der Waals surface area contributed by atoms with Gasteiger partial charge in [-0.05, 0) is 38.8 Å². The molecule has 2 aliphatic heterocycles. The number of nitrogens with one attached hydrogen (secondary N) is 1. The Labute approximate surface area is 126 Å². The highest BCUT2D eigenvalue weighted by Gasteiger charge is 2.22. The molecule has 1 aromatic rings. The molecule has 1 aromatic carbocycles. The van der Waals surface area contributed by atoms with E-state index in [4.69, 9.17) is 14.2 Å². The van der Waals surface area contributed by atoms with Crippen LogP contribution < -0.4 is 14.8 Å². The Hall–Kier alpha value is -1.26. The first kappa shape index (κ1) is 14.7. The smallest absolute Gasteiger partial charge is 0.124 e. The molecule has 0 aliphatic carbocycles. The first-order valence-corrected chi connectivity index (χ1v) is 8.02. The summed E-state index contributed by atoms with van der Waals surface area (Å²) in [6.45, 7) is 7.33. The molecule has 1 saturated heterocycles. The van der Waals surface area contributed by atoms with Crippen molar-refractivity contribution in [2.75, 3.05) is 19.8 Å². The Morgan fingerprint density at radius 1 is 1.38 bits per heavy atom. The predicted molar refractivity (Wildman–Crippen MR) is 82.1 cm³/mol. The van der Waals surface area contributed by atoms with Crippen LogP contribution in [0.25, 0.3) is 0 Å². The summed E-state index contributed by atoms with van der Waals surface area (Å²) in [4.78, 5) is 0. The van der Waals surface area contributed by atoms with E-state index in [2.05, 4.69) is 24.4 Å². The summed E-state index contributed by atoms with van der Waals surface area (Å²) >= 11 is 0. The SMILES string of the molecule is CCOc1cc2c(cc1CNC1CCCOC1)OC(C)C2. The molecule has 1 N–H and O–H groups in total. The highest BCUT2D eigenvalue weighted by molar-refractivity contribution is 5.48. The lowest BCUT2D eigenvalue weighted by Crippen LogP contribution is -2.36. The fraction of sp³-hybridized carbons (Fsp3) is 0.647. The minimum Gasteiger partial charge on any atom is -0.494 e. The number of rotatable bonds is 5. The van der Waals surface area contributed by atoms with Crippen LogP contribution in [0.5, 0.6) is 11.5 Å². The van der Waals surface area contributed by atoms with Gasteiger partial charge < -0.3 is 19.5 Å². The maximum Gasteiger partial charge on any atom is 0.124 e. The van der Waals surface area contributed by atoms with E-state index in [1.165, 1.54) is 17.5 Å². The third kappa shape index (κ3) is 3.50. The van der Waals surface area contributed by atoms with Crippen LogP contribution in [0.3, 0.4) is 0 Å². The van der Waals surface area contributed by atoms with Crippen LogP contribution in [0, 0.1) is 0 Å². The van der Waals surface area contributed by atoms with Gasteiger partial charge >= 0.3 is 0 Å². The van der Waals surface area contributed by atoms with Crippen LogP contribution in [-0.2, 0) is 17.7 Å². The highest BCUT2D eigenvalue weighted by atomic mass is 16.5. The molecular weight excluding hydrogens is 266 g/mol. The van der Waals surface area contributed by atoms with Gasteiger partial charge in [-0.25, -0.2) is 0 Å². The average Bonchev–Trinajstić information content (AvgIpc) is 2.85. The summed E-state index contributed by atoms with van der Waals surface area (Å²) < 4.78 is 17.2. The molecule has 2 aliphatic rings. The lowest BCUT2D eigenvalue weighted by molar-refractivity contribution is 0.0698. The molecule has 4 heteroatoms. The van der Waals surface area contributed by atoms with Crippen molar-refractivity contribution >= 4 is 0 Å². The van der Waals surface area contributed by atoms with Crippen LogP contribution in [0.2, 0.25) is 0 Å². The third-order valence-corrected chi connectivity index (χ3v) is 4.12. The molecule has 0 spiro atoms. The zero-order valence-corrected chi connectivity index (χ0v) is 13.0. The number of benzene rings is 1. The number of fused-ring (bicyclic) bond motifs is 1. The van der Waals surface area contributed by atoms with E-state index in [1.807, 2.05) is 6.92 Å². The summed E-state index contributed by atoms with van der Waals surface area (Å²) in [5.41, 5.74) is 2.44. The Bertz CT molecular complexity index is 483. The van der Waals surface area contributed by atoms with E-state index in [9.17, 15) is 0 Å². The Morgan fingerprint density at radius 3 is 3.05 bits per heavy atom. The minimum absolute atomic E-state index is 0.268. The quantitative estimate of drug-likeness (QED) is 0.905.